The van der Waals surface area contributed by atoms with Crippen LogP contribution in [-0.2, 0) is 11.8 Å². The molecule has 0 bridgehead atoms. The molecular formula is C23H19N7OS2. The van der Waals surface area contributed by atoms with Gasteiger partial charge in [-0.3, -0.25) is 14.3 Å². The molecule has 33 heavy (non-hydrogen) atoms. The number of fused-ring (bicyclic) bond motifs is 1. The van der Waals surface area contributed by atoms with Crippen LogP contribution in [-0.4, -0.2) is 36.0 Å². The fourth-order valence-electron chi connectivity index (χ4n) is 3.32. The van der Waals surface area contributed by atoms with Crippen molar-refractivity contribution in [2.24, 2.45) is 12.1 Å². The standard InChI is InChI=1S/C23H19N7OS2/c1-29-18-11-5-6-12-19(18)33-22(29)27-25-20(31)15-32-23-28-26-21(16-8-7-13-24-14-16)30(23)17-9-3-2-4-10-17/h2-14H,15H2,1H3,(H,25,31)/b27-22-. The molecule has 0 spiro atoms. The third-order valence-electron chi connectivity index (χ3n) is 4.89. The van der Waals surface area contributed by atoms with E-state index in [1.807, 2.05) is 82.9 Å². The number of para-hydroxylation sites is 2. The van der Waals surface area contributed by atoms with Gasteiger partial charge in [0.1, 0.15) is 0 Å². The topological polar surface area (TPSA) is 90.0 Å². The molecule has 1 N–H and O–H groups in total. The van der Waals surface area contributed by atoms with Gasteiger partial charge in [0.2, 0.25) is 4.80 Å². The van der Waals surface area contributed by atoms with Crippen LogP contribution in [0.25, 0.3) is 27.3 Å². The minimum atomic E-state index is -0.219. The Bertz CT molecular complexity index is 1470. The van der Waals surface area contributed by atoms with E-state index in [0.717, 1.165) is 26.3 Å². The maximum absolute atomic E-state index is 12.5. The molecule has 0 aliphatic heterocycles. The van der Waals surface area contributed by atoms with Crippen molar-refractivity contribution < 1.29 is 4.79 Å². The first-order chi connectivity index (χ1) is 16.2. The zero-order valence-corrected chi connectivity index (χ0v) is 19.3. The van der Waals surface area contributed by atoms with Crippen LogP contribution in [0, 0.1) is 0 Å². The summed E-state index contributed by atoms with van der Waals surface area (Å²) in [6.07, 6.45) is 3.46. The van der Waals surface area contributed by atoms with Crippen molar-refractivity contribution in [1.29, 1.82) is 0 Å². The van der Waals surface area contributed by atoms with E-state index in [0.29, 0.717) is 11.0 Å². The van der Waals surface area contributed by atoms with Crippen LogP contribution in [0.3, 0.4) is 0 Å². The highest BCUT2D eigenvalue weighted by Crippen LogP contribution is 2.27. The molecule has 0 unspecified atom stereocenters. The number of nitrogens with zero attached hydrogens (tertiary/aromatic N) is 6. The van der Waals surface area contributed by atoms with Crippen LogP contribution < -0.4 is 10.2 Å². The molecule has 8 nitrogen and oxygen atoms in total. The lowest BCUT2D eigenvalue weighted by Crippen LogP contribution is -2.24. The molecular weight excluding hydrogens is 454 g/mol. The predicted molar refractivity (Wildman–Crippen MR) is 130 cm³/mol. The Morgan fingerprint density at radius 1 is 1.06 bits per heavy atom. The molecule has 3 aromatic heterocycles. The molecule has 1 amide bonds. The number of carbonyl (C=O) groups is 1. The van der Waals surface area contributed by atoms with E-state index in [-0.39, 0.29) is 11.7 Å². The van der Waals surface area contributed by atoms with Crippen LogP contribution in [0.1, 0.15) is 0 Å². The average Bonchev–Trinajstić information content (AvgIpc) is 3.44. The third-order valence-corrected chi connectivity index (χ3v) is 6.93. The van der Waals surface area contributed by atoms with Crippen LogP contribution >= 0.6 is 23.1 Å². The Labute approximate surface area is 197 Å². The van der Waals surface area contributed by atoms with Crippen LogP contribution in [0.5, 0.6) is 0 Å². The van der Waals surface area contributed by atoms with Gasteiger partial charge >= 0.3 is 0 Å². The number of aryl methyl sites for hydroxylation is 1. The van der Waals surface area contributed by atoms with Crippen LogP contribution in [0.4, 0.5) is 0 Å². The molecule has 3 heterocycles. The molecule has 5 aromatic rings. The summed E-state index contributed by atoms with van der Waals surface area (Å²) >= 11 is 2.83. The van der Waals surface area contributed by atoms with Crippen molar-refractivity contribution in [3.05, 3.63) is 83.9 Å². The maximum Gasteiger partial charge on any atom is 0.250 e. The Morgan fingerprint density at radius 2 is 1.88 bits per heavy atom. The highest BCUT2D eigenvalue weighted by Gasteiger charge is 2.17. The number of pyridine rings is 1. The van der Waals surface area contributed by atoms with Gasteiger partial charge in [0.05, 0.1) is 16.0 Å². The third kappa shape index (κ3) is 4.43. The number of amides is 1. The second kappa shape index (κ2) is 9.39. The maximum atomic E-state index is 12.5. The average molecular weight is 474 g/mol. The van der Waals surface area contributed by atoms with Crippen molar-refractivity contribution in [3.63, 3.8) is 0 Å². The molecule has 0 saturated heterocycles. The molecule has 164 valence electrons. The van der Waals surface area contributed by atoms with E-state index in [9.17, 15) is 4.79 Å². The highest BCUT2D eigenvalue weighted by molar-refractivity contribution is 7.99. The Hall–Kier alpha value is -3.76. The number of thiazole rings is 1. The molecule has 0 saturated carbocycles. The lowest BCUT2D eigenvalue weighted by Gasteiger charge is -2.09. The van der Waals surface area contributed by atoms with Crippen molar-refractivity contribution in [1.82, 2.24) is 29.7 Å². The molecule has 0 radical (unpaired) electrons. The van der Waals surface area contributed by atoms with E-state index in [4.69, 9.17) is 0 Å². The largest absolute Gasteiger partial charge is 0.318 e. The van der Waals surface area contributed by atoms with E-state index in [2.05, 4.69) is 25.7 Å². The summed E-state index contributed by atoms with van der Waals surface area (Å²) in [5.41, 5.74) is 5.48. The minimum absolute atomic E-state index is 0.149. The second-order valence-corrected chi connectivity index (χ2v) is 9.02. The summed E-state index contributed by atoms with van der Waals surface area (Å²) in [6.45, 7) is 0. The van der Waals surface area contributed by atoms with Crippen molar-refractivity contribution in [2.45, 2.75) is 5.16 Å². The summed E-state index contributed by atoms with van der Waals surface area (Å²) in [6, 6.07) is 21.6. The first-order valence-corrected chi connectivity index (χ1v) is 11.9. The molecule has 0 fully saturated rings. The van der Waals surface area contributed by atoms with Gasteiger partial charge in [0.25, 0.3) is 5.91 Å². The molecule has 5 rings (SSSR count). The molecule has 0 atom stereocenters. The summed E-state index contributed by atoms with van der Waals surface area (Å²) in [5, 5.41) is 13.6. The Balaban J connectivity index is 1.37. The first kappa shape index (κ1) is 21.1. The lowest BCUT2D eigenvalue weighted by atomic mass is 10.2. The van der Waals surface area contributed by atoms with Gasteiger partial charge in [-0.15, -0.1) is 15.3 Å². The Kier molecular flexibility index (Phi) is 6.01. The van der Waals surface area contributed by atoms with Gasteiger partial charge in [-0.1, -0.05) is 53.4 Å². The lowest BCUT2D eigenvalue weighted by molar-refractivity contribution is -0.118. The summed E-state index contributed by atoms with van der Waals surface area (Å²) < 4.78 is 5.00. The monoisotopic (exact) mass is 473 g/mol. The predicted octanol–water partition coefficient (Wildman–Crippen LogP) is 3.61. The Morgan fingerprint density at radius 3 is 2.67 bits per heavy atom. The van der Waals surface area contributed by atoms with Crippen molar-refractivity contribution in [2.75, 3.05) is 5.75 Å². The number of benzene rings is 2. The smallest absolute Gasteiger partial charge is 0.250 e. The summed E-state index contributed by atoms with van der Waals surface area (Å²) in [4.78, 5) is 17.5. The van der Waals surface area contributed by atoms with Crippen molar-refractivity contribution in [3.8, 4) is 17.1 Å². The number of rotatable bonds is 6. The quantitative estimate of drug-likeness (QED) is 0.301. The number of thioether (sulfide) groups is 1. The zero-order chi connectivity index (χ0) is 22.6. The molecule has 0 aliphatic carbocycles. The van der Waals surface area contributed by atoms with E-state index >= 15 is 0 Å². The molecule has 10 heteroatoms. The highest BCUT2D eigenvalue weighted by atomic mass is 32.2. The van der Waals surface area contributed by atoms with E-state index < -0.39 is 0 Å². The van der Waals surface area contributed by atoms with Gasteiger partial charge in [0.15, 0.2) is 11.0 Å². The zero-order valence-electron chi connectivity index (χ0n) is 17.6. The molecule has 2 aromatic carbocycles. The summed E-state index contributed by atoms with van der Waals surface area (Å²) in [7, 11) is 1.93. The van der Waals surface area contributed by atoms with Gasteiger partial charge in [-0.2, -0.15) is 0 Å². The fourth-order valence-corrected chi connectivity index (χ4v) is 5.04. The van der Waals surface area contributed by atoms with Crippen LogP contribution in [0.15, 0.2) is 89.4 Å². The number of nitrogens with one attached hydrogen (secondary N) is 1. The van der Waals surface area contributed by atoms with Gasteiger partial charge in [-0.25, -0.2) is 5.43 Å². The number of hydrogen-bond acceptors (Lipinski definition) is 7. The fraction of sp³-hybridized carbons (Fsp3) is 0.0870. The van der Waals surface area contributed by atoms with Gasteiger partial charge in [0, 0.05) is 30.7 Å². The number of aromatic nitrogens is 5. The SMILES string of the molecule is Cn1/c(=N/NC(=O)CSc2nnc(-c3cccnc3)n2-c2ccccc2)sc2ccccc21. The van der Waals surface area contributed by atoms with E-state index in [1.165, 1.54) is 23.1 Å². The second-order valence-electron chi connectivity index (χ2n) is 7.07. The van der Waals surface area contributed by atoms with Gasteiger partial charge in [-0.05, 0) is 36.4 Å². The van der Waals surface area contributed by atoms with Gasteiger partial charge < -0.3 is 4.57 Å². The number of hydrogen-bond donors (Lipinski definition) is 1. The normalized spacial score (nSPS) is 11.7. The van der Waals surface area contributed by atoms with Crippen LogP contribution in [0.2, 0.25) is 0 Å². The van der Waals surface area contributed by atoms with Crippen molar-refractivity contribution >= 4 is 39.2 Å². The molecule has 0 aliphatic rings. The first-order valence-electron chi connectivity index (χ1n) is 10.1. The minimum Gasteiger partial charge on any atom is -0.318 e. The summed E-state index contributed by atoms with van der Waals surface area (Å²) in [5.74, 6) is 0.595. The number of carbonyl (C=O) groups excluding carboxylic acids is 1. The van der Waals surface area contributed by atoms with E-state index in [1.54, 1.807) is 12.4 Å².